The van der Waals surface area contributed by atoms with Crippen molar-refractivity contribution in [3.05, 3.63) is 23.8 Å². The SMILES string of the molecule is CC1(C)OB(c2cnc(F)c(CC(F)F)c2)OC1(C)C. The molecule has 1 aliphatic rings. The summed E-state index contributed by atoms with van der Waals surface area (Å²) in [7, 11) is -0.732. The lowest BCUT2D eigenvalue weighted by Crippen LogP contribution is -2.41. The van der Waals surface area contributed by atoms with Crippen LogP contribution >= 0.6 is 0 Å². The molecule has 2 heterocycles. The molecule has 0 bridgehead atoms. The molecule has 1 aromatic rings. The second-order valence-corrected chi connectivity index (χ2v) is 5.90. The van der Waals surface area contributed by atoms with Gasteiger partial charge >= 0.3 is 7.12 Å². The van der Waals surface area contributed by atoms with Crippen LogP contribution in [0.3, 0.4) is 0 Å². The lowest BCUT2D eigenvalue weighted by Gasteiger charge is -2.32. The maximum absolute atomic E-state index is 13.4. The third-order valence-electron chi connectivity index (χ3n) is 3.83. The van der Waals surface area contributed by atoms with Crippen molar-refractivity contribution in [1.82, 2.24) is 4.98 Å². The van der Waals surface area contributed by atoms with E-state index in [4.69, 9.17) is 9.31 Å². The van der Waals surface area contributed by atoms with E-state index in [0.29, 0.717) is 5.46 Å². The summed E-state index contributed by atoms with van der Waals surface area (Å²) < 4.78 is 49.7. The molecule has 0 aromatic carbocycles. The predicted octanol–water partition coefficient (Wildman–Crippen LogP) is 2.33. The highest BCUT2D eigenvalue weighted by Gasteiger charge is 2.51. The number of hydrogen-bond acceptors (Lipinski definition) is 3. The highest BCUT2D eigenvalue weighted by Crippen LogP contribution is 2.36. The fraction of sp³-hybridized carbons (Fsp3) is 0.615. The molecule has 1 saturated heterocycles. The molecule has 110 valence electrons. The van der Waals surface area contributed by atoms with Gasteiger partial charge in [-0.2, -0.15) is 4.39 Å². The van der Waals surface area contributed by atoms with Crippen LogP contribution in [-0.4, -0.2) is 29.7 Å². The van der Waals surface area contributed by atoms with Gasteiger partial charge in [0.15, 0.2) is 0 Å². The van der Waals surface area contributed by atoms with Gasteiger partial charge in [-0.25, -0.2) is 13.8 Å². The lowest BCUT2D eigenvalue weighted by atomic mass is 9.79. The van der Waals surface area contributed by atoms with Crippen LogP contribution in [0.1, 0.15) is 33.3 Å². The van der Waals surface area contributed by atoms with Crippen molar-refractivity contribution in [2.24, 2.45) is 0 Å². The molecule has 3 nitrogen and oxygen atoms in total. The topological polar surface area (TPSA) is 31.4 Å². The predicted molar refractivity (Wildman–Crippen MR) is 69.6 cm³/mol. The Kier molecular flexibility index (Phi) is 3.86. The van der Waals surface area contributed by atoms with E-state index in [1.807, 2.05) is 27.7 Å². The van der Waals surface area contributed by atoms with Gasteiger partial charge in [0.05, 0.1) is 11.2 Å². The maximum Gasteiger partial charge on any atom is 0.496 e. The van der Waals surface area contributed by atoms with Gasteiger partial charge < -0.3 is 9.31 Å². The first-order chi connectivity index (χ1) is 9.12. The number of aromatic nitrogens is 1. The number of rotatable bonds is 3. The van der Waals surface area contributed by atoms with E-state index in [0.717, 1.165) is 0 Å². The molecule has 0 spiro atoms. The molecule has 0 saturated carbocycles. The molecule has 2 rings (SSSR count). The largest absolute Gasteiger partial charge is 0.496 e. The van der Waals surface area contributed by atoms with E-state index in [-0.39, 0.29) is 5.56 Å². The smallest absolute Gasteiger partial charge is 0.399 e. The molecule has 0 atom stereocenters. The first kappa shape index (κ1) is 15.3. The van der Waals surface area contributed by atoms with E-state index >= 15 is 0 Å². The van der Waals surface area contributed by atoms with E-state index in [2.05, 4.69) is 4.98 Å². The summed E-state index contributed by atoms with van der Waals surface area (Å²) in [5.74, 6) is -0.884. The van der Waals surface area contributed by atoms with E-state index in [1.165, 1.54) is 12.3 Å². The molecule has 0 N–H and O–H groups in total. The Hall–Kier alpha value is -1.08. The third-order valence-corrected chi connectivity index (χ3v) is 3.83. The Balaban J connectivity index is 2.27. The normalized spacial score (nSPS) is 20.7. The summed E-state index contributed by atoms with van der Waals surface area (Å²) in [5.41, 5.74) is -0.781. The second-order valence-electron chi connectivity index (χ2n) is 5.90. The van der Waals surface area contributed by atoms with Crippen LogP contribution in [0.2, 0.25) is 0 Å². The Morgan fingerprint density at radius 2 is 1.75 bits per heavy atom. The Morgan fingerprint density at radius 1 is 1.20 bits per heavy atom. The minimum atomic E-state index is -2.63. The minimum Gasteiger partial charge on any atom is -0.399 e. The highest BCUT2D eigenvalue weighted by molar-refractivity contribution is 6.62. The number of alkyl halides is 2. The van der Waals surface area contributed by atoms with Crippen molar-refractivity contribution in [2.75, 3.05) is 0 Å². The molecule has 0 unspecified atom stereocenters. The Morgan fingerprint density at radius 3 is 2.25 bits per heavy atom. The maximum atomic E-state index is 13.4. The van der Waals surface area contributed by atoms with Gasteiger partial charge in [-0.3, -0.25) is 0 Å². The van der Waals surface area contributed by atoms with Crippen LogP contribution < -0.4 is 5.46 Å². The molecule has 20 heavy (non-hydrogen) atoms. The van der Waals surface area contributed by atoms with Gasteiger partial charge in [-0.15, -0.1) is 0 Å². The summed E-state index contributed by atoms with van der Waals surface area (Å²) in [6.07, 6.45) is -2.04. The monoisotopic (exact) mass is 287 g/mol. The Bertz CT molecular complexity index is 492. The van der Waals surface area contributed by atoms with Crippen molar-refractivity contribution in [1.29, 1.82) is 0 Å². The molecule has 7 heteroatoms. The number of hydrogen-bond donors (Lipinski definition) is 0. The summed E-state index contributed by atoms with van der Waals surface area (Å²) in [6.45, 7) is 7.52. The second kappa shape index (κ2) is 5.04. The van der Waals surface area contributed by atoms with Crippen LogP contribution in [0, 0.1) is 5.95 Å². The van der Waals surface area contributed by atoms with Gasteiger partial charge in [-0.05, 0) is 27.7 Å². The molecule has 1 aliphatic heterocycles. The van der Waals surface area contributed by atoms with Crippen molar-refractivity contribution in [2.45, 2.75) is 51.7 Å². The standard InChI is InChI=1S/C13H17BF3NO2/c1-12(2)13(3,4)20-14(19-12)9-5-8(6-10(15)16)11(17)18-7-9/h5,7,10H,6H2,1-4H3. The van der Waals surface area contributed by atoms with Crippen LogP contribution in [0.25, 0.3) is 0 Å². The molecular weight excluding hydrogens is 270 g/mol. The van der Waals surface area contributed by atoms with Crippen molar-refractivity contribution in [3.8, 4) is 0 Å². The zero-order valence-corrected chi connectivity index (χ0v) is 11.9. The van der Waals surface area contributed by atoms with Crippen molar-refractivity contribution >= 4 is 12.6 Å². The first-order valence-electron chi connectivity index (χ1n) is 6.40. The van der Waals surface area contributed by atoms with Crippen LogP contribution in [0.5, 0.6) is 0 Å². The fourth-order valence-electron chi connectivity index (χ4n) is 1.93. The van der Waals surface area contributed by atoms with E-state index in [1.54, 1.807) is 0 Å². The number of halogens is 3. The van der Waals surface area contributed by atoms with Gasteiger partial charge in [-0.1, -0.05) is 6.07 Å². The van der Waals surface area contributed by atoms with Gasteiger partial charge in [0, 0.05) is 23.6 Å². The lowest BCUT2D eigenvalue weighted by molar-refractivity contribution is 0.00578. The molecule has 1 fully saturated rings. The summed E-state index contributed by atoms with van der Waals surface area (Å²) in [6, 6.07) is 1.33. The van der Waals surface area contributed by atoms with Gasteiger partial charge in [0.2, 0.25) is 12.4 Å². The number of pyridine rings is 1. The average molecular weight is 287 g/mol. The molecule has 0 aliphatic carbocycles. The van der Waals surface area contributed by atoms with Crippen molar-refractivity contribution in [3.63, 3.8) is 0 Å². The van der Waals surface area contributed by atoms with Crippen LogP contribution in [0.4, 0.5) is 13.2 Å². The van der Waals surface area contributed by atoms with Gasteiger partial charge in [0.1, 0.15) is 0 Å². The first-order valence-corrected chi connectivity index (χ1v) is 6.40. The fourth-order valence-corrected chi connectivity index (χ4v) is 1.93. The molecular formula is C13H17BF3NO2. The van der Waals surface area contributed by atoms with Crippen LogP contribution in [0.15, 0.2) is 12.3 Å². The van der Waals surface area contributed by atoms with Crippen molar-refractivity contribution < 1.29 is 22.5 Å². The zero-order valence-electron chi connectivity index (χ0n) is 11.9. The molecule has 0 amide bonds. The Labute approximate surface area is 116 Å². The average Bonchev–Trinajstić information content (AvgIpc) is 2.50. The summed E-state index contributed by atoms with van der Waals surface area (Å²) >= 11 is 0. The molecule has 0 radical (unpaired) electrons. The molecule has 1 aromatic heterocycles. The summed E-state index contributed by atoms with van der Waals surface area (Å²) in [5, 5.41) is 0. The van der Waals surface area contributed by atoms with Gasteiger partial charge in [0.25, 0.3) is 0 Å². The van der Waals surface area contributed by atoms with E-state index in [9.17, 15) is 13.2 Å². The minimum absolute atomic E-state index is 0.132. The van der Waals surface area contributed by atoms with Crippen LogP contribution in [-0.2, 0) is 15.7 Å². The highest BCUT2D eigenvalue weighted by atomic mass is 19.3. The zero-order chi connectivity index (χ0) is 15.1. The quantitative estimate of drug-likeness (QED) is 0.631. The summed E-state index contributed by atoms with van der Waals surface area (Å²) in [4.78, 5) is 3.51. The van der Waals surface area contributed by atoms with E-state index < -0.39 is 37.1 Å². The third kappa shape index (κ3) is 2.83. The number of nitrogens with zero attached hydrogens (tertiary/aromatic N) is 1.